The van der Waals surface area contributed by atoms with Gasteiger partial charge in [0.15, 0.2) is 5.82 Å². The number of nitrogens with zero attached hydrogens (tertiary/aromatic N) is 3. The molecule has 0 saturated carbocycles. The van der Waals surface area contributed by atoms with Gasteiger partial charge < -0.3 is 4.42 Å². The first-order valence-corrected chi connectivity index (χ1v) is 5.12. The van der Waals surface area contributed by atoms with Crippen molar-refractivity contribution in [2.75, 3.05) is 0 Å². The van der Waals surface area contributed by atoms with Crippen LogP contribution in [-0.2, 0) is 0 Å². The van der Waals surface area contributed by atoms with Gasteiger partial charge in [0.1, 0.15) is 10.7 Å². The smallest absolute Gasteiger partial charge is 0.401 e. The van der Waals surface area contributed by atoms with Gasteiger partial charge >= 0.3 is 5.88 Å². The molecular weight excluding hydrogens is 234 g/mol. The number of hydrogen-bond donors (Lipinski definition) is 0. The zero-order valence-corrected chi connectivity index (χ0v) is 9.26. The molecule has 2 aromatic heterocycles. The highest BCUT2D eigenvalue weighted by Crippen LogP contribution is 2.16. The fraction of sp³-hybridized carbons (Fsp3) is 0. The van der Waals surface area contributed by atoms with Crippen molar-refractivity contribution >= 4 is 24.0 Å². The van der Waals surface area contributed by atoms with Crippen molar-refractivity contribution in [3.8, 4) is 0 Å². The Balaban J connectivity index is 1.99. The predicted molar refractivity (Wildman–Crippen MR) is 66.8 cm³/mol. The summed E-state index contributed by atoms with van der Waals surface area (Å²) in [5.41, 5.74) is 0. The first-order chi connectivity index (χ1) is 8.75. The molecule has 2 rings (SSSR count). The normalized spacial score (nSPS) is 11.3. The molecule has 0 aliphatic rings. The minimum Gasteiger partial charge on any atom is -0.401 e. The van der Waals surface area contributed by atoms with E-state index in [1.807, 2.05) is 6.07 Å². The molecule has 0 N–H and O–H groups in total. The summed E-state index contributed by atoms with van der Waals surface area (Å²) < 4.78 is 4.93. The molecule has 0 radical (unpaired) electrons. The average Bonchev–Trinajstić information content (AvgIpc) is 2.85. The quantitative estimate of drug-likeness (QED) is 0.469. The molecule has 90 valence electrons. The van der Waals surface area contributed by atoms with E-state index >= 15 is 0 Å². The predicted octanol–water partition coefficient (Wildman–Crippen LogP) is 3.00. The minimum absolute atomic E-state index is 0.281. The molecule has 0 aliphatic carbocycles. The highest BCUT2D eigenvalue weighted by molar-refractivity contribution is 5.79. The Morgan fingerprint density at radius 1 is 1.33 bits per heavy atom. The zero-order valence-electron chi connectivity index (χ0n) is 9.26. The van der Waals surface area contributed by atoms with Crippen molar-refractivity contribution < 1.29 is 9.34 Å². The fourth-order valence-electron chi connectivity index (χ4n) is 1.22. The van der Waals surface area contributed by atoms with E-state index in [0.717, 1.165) is 0 Å². The van der Waals surface area contributed by atoms with E-state index in [0.29, 0.717) is 11.6 Å². The van der Waals surface area contributed by atoms with Crippen LogP contribution in [-0.4, -0.2) is 16.1 Å². The van der Waals surface area contributed by atoms with Gasteiger partial charge in [-0.1, -0.05) is 6.07 Å². The maximum atomic E-state index is 10.4. The van der Waals surface area contributed by atoms with Gasteiger partial charge in [-0.15, -0.1) is 0 Å². The lowest BCUT2D eigenvalue weighted by atomic mass is 10.4. The van der Waals surface area contributed by atoms with E-state index in [9.17, 15) is 10.1 Å². The summed E-state index contributed by atoms with van der Waals surface area (Å²) >= 11 is 0. The van der Waals surface area contributed by atoms with Crippen LogP contribution in [0, 0.1) is 10.1 Å². The number of allylic oxidation sites excluding steroid dienone is 1. The second-order valence-electron chi connectivity index (χ2n) is 3.26. The number of aliphatic imine (C=N–C) groups is 1. The van der Waals surface area contributed by atoms with Gasteiger partial charge in [0.2, 0.25) is 0 Å². The van der Waals surface area contributed by atoms with Crippen LogP contribution in [0.1, 0.15) is 5.76 Å². The molecule has 2 heterocycles. The van der Waals surface area contributed by atoms with Crippen molar-refractivity contribution in [3.63, 3.8) is 0 Å². The molecule has 0 fully saturated rings. The van der Waals surface area contributed by atoms with Gasteiger partial charge in [-0.3, -0.25) is 10.1 Å². The highest BCUT2D eigenvalue weighted by atomic mass is 16.6. The molecule has 2 aromatic rings. The monoisotopic (exact) mass is 243 g/mol. The molecule has 0 aromatic carbocycles. The van der Waals surface area contributed by atoms with Crippen LogP contribution in [0.3, 0.4) is 0 Å². The van der Waals surface area contributed by atoms with Crippen LogP contribution in [0.15, 0.2) is 52.0 Å². The third kappa shape index (κ3) is 3.11. The number of aromatic nitrogens is 1. The Labute approximate surface area is 102 Å². The van der Waals surface area contributed by atoms with Gasteiger partial charge in [-0.2, -0.15) is 0 Å². The van der Waals surface area contributed by atoms with Crippen molar-refractivity contribution in [1.82, 2.24) is 4.98 Å². The summed E-state index contributed by atoms with van der Waals surface area (Å²) in [4.78, 5) is 17.9. The van der Waals surface area contributed by atoms with E-state index in [1.54, 1.807) is 30.5 Å². The van der Waals surface area contributed by atoms with E-state index in [4.69, 9.17) is 4.42 Å². The summed E-state index contributed by atoms with van der Waals surface area (Å²) in [6, 6.07) is 8.22. The zero-order chi connectivity index (χ0) is 12.8. The Morgan fingerprint density at radius 3 is 2.89 bits per heavy atom. The van der Waals surface area contributed by atoms with Crippen LogP contribution in [0.2, 0.25) is 0 Å². The molecule has 0 bridgehead atoms. The largest absolute Gasteiger partial charge is 0.433 e. The van der Waals surface area contributed by atoms with E-state index in [2.05, 4.69) is 9.98 Å². The summed E-state index contributed by atoms with van der Waals surface area (Å²) in [7, 11) is 0. The van der Waals surface area contributed by atoms with Crippen LogP contribution >= 0.6 is 0 Å². The third-order valence-corrected chi connectivity index (χ3v) is 2.00. The number of pyridine rings is 1. The van der Waals surface area contributed by atoms with Crippen LogP contribution in [0.5, 0.6) is 0 Å². The van der Waals surface area contributed by atoms with Crippen molar-refractivity contribution in [2.24, 2.45) is 4.99 Å². The van der Waals surface area contributed by atoms with Crippen LogP contribution in [0.4, 0.5) is 11.7 Å². The first-order valence-electron chi connectivity index (χ1n) is 5.12. The Kier molecular flexibility index (Phi) is 3.60. The standard InChI is InChI=1S/C12H9N3O3/c16-15(17)12-7-6-10(18-12)4-3-9-14-11-5-1-2-8-13-11/h1-9H. The second kappa shape index (κ2) is 5.53. The number of nitro groups is 1. The Bertz CT molecular complexity index is 588. The molecule has 6 heteroatoms. The summed E-state index contributed by atoms with van der Waals surface area (Å²) in [6.07, 6.45) is 6.39. The molecule has 0 spiro atoms. The van der Waals surface area contributed by atoms with E-state index in [1.165, 1.54) is 18.3 Å². The number of rotatable bonds is 4. The van der Waals surface area contributed by atoms with Gasteiger partial charge in [0.25, 0.3) is 0 Å². The van der Waals surface area contributed by atoms with Crippen molar-refractivity contribution in [2.45, 2.75) is 0 Å². The van der Waals surface area contributed by atoms with Crippen LogP contribution in [0.25, 0.3) is 6.08 Å². The highest BCUT2D eigenvalue weighted by Gasteiger charge is 2.09. The van der Waals surface area contributed by atoms with Crippen LogP contribution < -0.4 is 0 Å². The third-order valence-electron chi connectivity index (χ3n) is 2.00. The van der Waals surface area contributed by atoms with Crippen molar-refractivity contribution in [3.05, 3.63) is 58.5 Å². The SMILES string of the molecule is O=[N+]([O-])c1ccc(C=CC=Nc2ccccn2)o1. The van der Waals surface area contributed by atoms with Gasteiger partial charge in [-0.05, 0) is 30.4 Å². The maximum Gasteiger partial charge on any atom is 0.433 e. The second-order valence-corrected chi connectivity index (χ2v) is 3.26. The Hall–Kier alpha value is -2.76. The molecule has 0 aliphatic heterocycles. The molecule has 0 unspecified atom stereocenters. The molecule has 0 atom stereocenters. The molecule has 6 nitrogen and oxygen atoms in total. The lowest BCUT2D eigenvalue weighted by Crippen LogP contribution is -1.82. The molecule has 0 amide bonds. The molecule has 18 heavy (non-hydrogen) atoms. The lowest BCUT2D eigenvalue weighted by Gasteiger charge is -1.87. The topological polar surface area (TPSA) is 81.5 Å². The number of furan rings is 1. The van der Waals surface area contributed by atoms with Crippen molar-refractivity contribution in [1.29, 1.82) is 0 Å². The molecular formula is C12H9N3O3. The summed E-state index contributed by atoms with van der Waals surface area (Å²) in [5.74, 6) is 0.707. The lowest BCUT2D eigenvalue weighted by molar-refractivity contribution is -0.402. The van der Waals surface area contributed by atoms with E-state index < -0.39 is 4.92 Å². The Morgan fingerprint density at radius 2 is 2.22 bits per heavy atom. The van der Waals surface area contributed by atoms with Gasteiger partial charge in [0, 0.05) is 12.4 Å². The minimum atomic E-state index is -0.584. The summed E-state index contributed by atoms with van der Waals surface area (Å²) in [5, 5.41) is 10.4. The van der Waals surface area contributed by atoms with Gasteiger partial charge in [-0.25, -0.2) is 9.98 Å². The van der Waals surface area contributed by atoms with Gasteiger partial charge in [0.05, 0.1) is 6.07 Å². The summed E-state index contributed by atoms with van der Waals surface area (Å²) in [6.45, 7) is 0. The van der Waals surface area contributed by atoms with E-state index in [-0.39, 0.29) is 5.88 Å². The fourth-order valence-corrected chi connectivity index (χ4v) is 1.22. The average molecular weight is 243 g/mol. The number of hydrogen-bond acceptors (Lipinski definition) is 5. The molecule has 0 saturated heterocycles. The first kappa shape index (κ1) is 11.7. The maximum absolute atomic E-state index is 10.4.